The average molecular weight is 997 g/mol. The van der Waals surface area contributed by atoms with Crippen molar-refractivity contribution in [2.75, 3.05) is 0 Å². The van der Waals surface area contributed by atoms with Crippen molar-refractivity contribution in [1.82, 2.24) is 19.5 Å². The van der Waals surface area contributed by atoms with Gasteiger partial charge in [-0.25, -0.2) is 4.98 Å². The summed E-state index contributed by atoms with van der Waals surface area (Å²) in [6.07, 6.45) is 1.79. The molecule has 0 N–H and O–H groups in total. The summed E-state index contributed by atoms with van der Waals surface area (Å²) in [6, 6.07) is 60.6. The third kappa shape index (κ3) is 7.80. The van der Waals surface area contributed by atoms with E-state index in [0.29, 0.717) is 22.6 Å². The minimum Gasteiger partial charge on any atom is -0.500 e. The minimum atomic E-state index is 0. The molecule has 63 heavy (non-hydrogen) atoms. The number of hydrogen-bond donors (Lipinski definition) is 0. The first-order valence-electron chi connectivity index (χ1n) is 21.2. The van der Waals surface area contributed by atoms with Crippen molar-refractivity contribution in [3.63, 3.8) is 0 Å². The van der Waals surface area contributed by atoms with Gasteiger partial charge in [-0.1, -0.05) is 118 Å². The third-order valence-electron chi connectivity index (χ3n) is 11.4. The average Bonchev–Trinajstić information content (AvgIpc) is 4.03. The van der Waals surface area contributed by atoms with E-state index in [4.69, 9.17) is 18.8 Å². The van der Waals surface area contributed by atoms with Gasteiger partial charge in [0.05, 0.1) is 28.0 Å². The quantitative estimate of drug-likeness (QED) is 0.149. The SMILES string of the molecule is Cc1ccc2c(c1)oc1c(-c3nc4ccccc4n3-c3c(C(C)C)cc(-c4ccccc4)cc3C(C)C)[c-]c3nc(-c4ccccc4)oc3c12.[Ir].[c-]1ccccc1-c1ccccn1. The van der Waals surface area contributed by atoms with Gasteiger partial charge in [-0.05, 0) is 106 Å². The normalized spacial score (nSPS) is 11.4. The smallest absolute Gasteiger partial charge is 0.216 e. The molecule has 0 aliphatic rings. The van der Waals surface area contributed by atoms with Crippen LogP contribution in [0.3, 0.4) is 0 Å². The Kier molecular flexibility index (Phi) is 11.5. The van der Waals surface area contributed by atoms with Gasteiger partial charge in [0.1, 0.15) is 5.58 Å². The molecule has 0 amide bonds. The van der Waals surface area contributed by atoms with Crippen LogP contribution in [-0.4, -0.2) is 19.5 Å². The zero-order chi connectivity index (χ0) is 42.3. The fraction of sp³-hybridized carbons (Fsp3) is 0.125. The number of hydrogen-bond acceptors (Lipinski definition) is 5. The molecule has 4 heterocycles. The Morgan fingerprint density at radius 1 is 0.619 bits per heavy atom. The van der Waals surface area contributed by atoms with Gasteiger partial charge >= 0.3 is 0 Å². The van der Waals surface area contributed by atoms with Gasteiger partial charge < -0.3 is 18.4 Å². The van der Waals surface area contributed by atoms with E-state index < -0.39 is 0 Å². The molecule has 0 saturated heterocycles. The van der Waals surface area contributed by atoms with Gasteiger partial charge in [-0.15, -0.1) is 42.0 Å². The number of oxazole rings is 1. The van der Waals surface area contributed by atoms with E-state index in [1.54, 1.807) is 6.20 Å². The zero-order valence-electron chi connectivity index (χ0n) is 35.7. The summed E-state index contributed by atoms with van der Waals surface area (Å²) in [7, 11) is 0. The molecular formula is C56H44IrN4O2-2. The van der Waals surface area contributed by atoms with Gasteiger partial charge in [0, 0.05) is 48.5 Å². The first-order chi connectivity index (χ1) is 30.3. The summed E-state index contributed by atoms with van der Waals surface area (Å²) in [5.74, 6) is 1.79. The van der Waals surface area contributed by atoms with Crippen molar-refractivity contribution < 1.29 is 28.9 Å². The number of fused-ring (bicyclic) bond motifs is 6. The number of aromatic nitrogens is 4. The molecule has 0 fully saturated rings. The van der Waals surface area contributed by atoms with Crippen LogP contribution in [0.5, 0.6) is 0 Å². The van der Waals surface area contributed by atoms with E-state index in [9.17, 15) is 0 Å². The predicted molar refractivity (Wildman–Crippen MR) is 252 cm³/mol. The largest absolute Gasteiger partial charge is 0.500 e. The van der Waals surface area contributed by atoms with E-state index in [-0.39, 0.29) is 31.9 Å². The van der Waals surface area contributed by atoms with Crippen LogP contribution < -0.4 is 0 Å². The van der Waals surface area contributed by atoms with Crippen LogP contribution in [0.1, 0.15) is 56.2 Å². The first kappa shape index (κ1) is 41.4. The summed E-state index contributed by atoms with van der Waals surface area (Å²) < 4.78 is 15.7. The molecule has 0 aliphatic heterocycles. The predicted octanol–water partition coefficient (Wildman–Crippen LogP) is 15.0. The maximum Gasteiger partial charge on any atom is 0.216 e. The molecule has 0 atom stereocenters. The maximum absolute atomic E-state index is 6.79. The fourth-order valence-electron chi connectivity index (χ4n) is 8.33. The zero-order valence-corrected chi connectivity index (χ0v) is 38.1. The second-order valence-corrected chi connectivity index (χ2v) is 16.3. The number of pyridine rings is 1. The fourth-order valence-corrected chi connectivity index (χ4v) is 8.33. The Balaban J connectivity index is 0.000000335. The van der Waals surface area contributed by atoms with Crippen LogP contribution in [-0.2, 0) is 20.1 Å². The van der Waals surface area contributed by atoms with Crippen LogP contribution in [0.2, 0.25) is 0 Å². The second-order valence-electron chi connectivity index (χ2n) is 16.3. The summed E-state index contributed by atoms with van der Waals surface area (Å²) in [5, 5.41) is 1.85. The van der Waals surface area contributed by atoms with E-state index in [1.165, 1.54) is 22.3 Å². The number of aryl methyl sites for hydroxylation is 1. The van der Waals surface area contributed by atoms with E-state index in [0.717, 1.165) is 66.8 Å². The van der Waals surface area contributed by atoms with Crippen LogP contribution in [0.4, 0.5) is 0 Å². The Hall–Kier alpha value is -6.92. The van der Waals surface area contributed by atoms with Gasteiger partial charge in [0.25, 0.3) is 0 Å². The number of furan rings is 1. The van der Waals surface area contributed by atoms with Crippen molar-refractivity contribution in [1.29, 1.82) is 0 Å². The molecule has 0 saturated carbocycles. The van der Waals surface area contributed by atoms with Gasteiger partial charge in [-0.2, -0.15) is 0 Å². The molecule has 7 heteroatoms. The summed E-state index contributed by atoms with van der Waals surface area (Å²) in [4.78, 5) is 14.6. The first-order valence-corrected chi connectivity index (χ1v) is 21.2. The molecule has 311 valence electrons. The van der Waals surface area contributed by atoms with Crippen LogP contribution in [0, 0.1) is 19.1 Å². The summed E-state index contributed by atoms with van der Waals surface area (Å²) in [5.41, 5.74) is 15.6. The van der Waals surface area contributed by atoms with Crippen LogP contribution >= 0.6 is 0 Å². The Morgan fingerprint density at radius 2 is 1.30 bits per heavy atom. The maximum atomic E-state index is 6.79. The Bertz CT molecular complexity index is 3290. The molecule has 0 spiro atoms. The van der Waals surface area contributed by atoms with Gasteiger partial charge in [0.15, 0.2) is 0 Å². The number of rotatable bonds is 7. The molecule has 7 aromatic carbocycles. The van der Waals surface area contributed by atoms with Gasteiger partial charge in [-0.3, -0.25) is 4.98 Å². The van der Waals surface area contributed by atoms with E-state index in [1.807, 2.05) is 78.9 Å². The molecule has 11 rings (SSSR count). The topological polar surface area (TPSA) is 69.9 Å². The molecule has 11 aromatic rings. The summed E-state index contributed by atoms with van der Waals surface area (Å²) >= 11 is 0. The molecule has 6 nitrogen and oxygen atoms in total. The minimum absolute atomic E-state index is 0. The third-order valence-corrected chi connectivity index (χ3v) is 11.4. The number of nitrogens with zero attached hydrogens (tertiary/aromatic N) is 4. The number of imidazole rings is 1. The van der Waals surface area contributed by atoms with Crippen molar-refractivity contribution in [2.24, 2.45) is 0 Å². The van der Waals surface area contributed by atoms with Crippen molar-refractivity contribution in [3.05, 3.63) is 193 Å². The monoisotopic (exact) mass is 997 g/mol. The molecule has 0 aliphatic carbocycles. The summed E-state index contributed by atoms with van der Waals surface area (Å²) in [6.45, 7) is 11.2. The van der Waals surface area contributed by atoms with Crippen LogP contribution in [0.25, 0.3) is 95.0 Å². The van der Waals surface area contributed by atoms with E-state index >= 15 is 0 Å². The second kappa shape index (κ2) is 17.4. The molecular weight excluding hydrogens is 953 g/mol. The number of benzene rings is 7. The number of para-hydroxylation sites is 2. The molecule has 4 aromatic heterocycles. The molecule has 0 bridgehead atoms. The Morgan fingerprint density at radius 3 is 1.98 bits per heavy atom. The van der Waals surface area contributed by atoms with Crippen molar-refractivity contribution >= 4 is 44.1 Å². The van der Waals surface area contributed by atoms with Crippen molar-refractivity contribution in [3.8, 4) is 50.9 Å². The molecule has 0 unspecified atom stereocenters. The Labute approximate surface area is 380 Å². The van der Waals surface area contributed by atoms with Crippen LogP contribution in [0.15, 0.2) is 173 Å². The van der Waals surface area contributed by atoms with E-state index in [2.05, 4.69) is 135 Å². The molecule has 1 radical (unpaired) electrons. The van der Waals surface area contributed by atoms with Crippen molar-refractivity contribution in [2.45, 2.75) is 46.5 Å². The standard InChI is InChI=1S/C45H36N3O2.C11H8N.Ir/c1-26(2)33-23-31(29-14-8-6-9-15-29)24-34(27(3)4)41(33)48-38-19-13-12-18-36(38)46-44(48)35-25-37-43(50-45(47-37)30-16-10-7-11-17-30)40-32-21-20-28(5)22-39(32)49-42(35)40;1-2-6-10(7-3-1)11-8-4-5-9-12-11;/h6-24,26-27H,1-5H3;1-6,8-9H;/q2*-1;. The van der Waals surface area contributed by atoms with Gasteiger partial charge in [0.2, 0.25) is 5.89 Å².